The van der Waals surface area contributed by atoms with Crippen molar-refractivity contribution in [1.82, 2.24) is 14.5 Å². The zero-order chi connectivity index (χ0) is 21.4. The number of rotatable bonds is 8. The molecule has 0 aliphatic carbocycles. The maximum atomic E-state index is 12.4. The van der Waals surface area contributed by atoms with Crippen molar-refractivity contribution in [2.45, 2.75) is 26.5 Å². The average molecular weight is 426 g/mol. The molecule has 0 radical (unpaired) electrons. The van der Waals surface area contributed by atoms with Crippen molar-refractivity contribution in [2.75, 3.05) is 45.6 Å². The highest BCUT2D eigenvalue weighted by Crippen LogP contribution is 2.10. The standard InChI is InChI=1S/C19H31N5O4S/c1-15(2)28-12-13-29(26,27)24-10-8-23(9-11-24)19(21-3)22-14-16-4-6-17(7-5-16)18(20)25/h4-7,15H,8-14H2,1-3H3,(H2,20,25)(H,21,22). The molecule has 0 bridgehead atoms. The van der Waals surface area contributed by atoms with Crippen LogP contribution in [0.1, 0.15) is 29.8 Å². The Kier molecular flexibility index (Phi) is 8.42. The van der Waals surface area contributed by atoms with Gasteiger partial charge in [-0.2, -0.15) is 4.31 Å². The Morgan fingerprint density at radius 2 is 1.83 bits per heavy atom. The SMILES string of the molecule is CN=C(NCc1ccc(C(N)=O)cc1)N1CCN(S(=O)(=O)CCOC(C)C)CC1. The van der Waals surface area contributed by atoms with Crippen LogP contribution in [0.2, 0.25) is 0 Å². The molecule has 10 heteroatoms. The Bertz CT molecular complexity index is 800. The van der Waals surface area contributed by atoms with Gasteiger partial charge >= 0.3 is 0 Å². The fourth-order valence-corrected chi connectivity index (χ4v) is 4.28. The number of aliphatic imine (C=N–C) groups is 1. The minimum Gasteiger partial charge on any atom is -0.378 e. The smallest absolute Gasteiger partial charge is 0.248 e. The minimum atomic E-state index is -3.32. The van der Waals surface area contributed by atoms with E-state index < -0.39 is 15.9 Å². The summed E-state index contributed by atoms with van der Waals surface area (Å²) >= 11 is 0. The van der Waals surface area contributed by atoms with Crippen molar-refractivity contribution < 1.29 is 17.9 Å². The molecule has 3 N–H and O–H groups in total. The molecule has 29 heavy (non-hydrogen) atoms. The molecule has 0 unspecified atom stereocenters. The lowest BCUT2D eigenvalue weighted by atomic mass is 10.1. The van der Waals surface area contributed by atoms with Gasteiger partial charge in [-0.05, 0) is 31.5 Å². The third-order valence-electron chi connectivity index (χ3n) is 4.62. The molecule has 0 aromatic heterocycles. The molecule has 1 aromatic rings. The molecule has 9 nitrogen and oxygen atoms in total. The van der Waals surface area contributed by atoms with Crippen molar-refractivity contribution in [2.24, 2.45) is 10.7 Å². The third kappa shape index (κ3) is 6.98. The highest BCUT2D eigenvalue weighted by molar-refractivity contribution is 7.89. The van der Waals surface area contributed by atoms with Crippen LogP contribution in [0.25, 0.3) is 0 Å². The Morgan fingerprint density at radius 3 is 2.34 bits per heavy atom. The van der Waals surface area contributed by atoms with E-state index in [-0.39, 0.29) is 18.5 Å². The van der Waals surface area contributed by atoms with Crippen LogP contribution in [0.5, 0.6) is 0 Å². The topological polar surface area (TPSA) is 117 Å². The molecule has 0 spiro atoms. The van der Waals surface area contributed by atoms with E-state index in [1.54, 1.807) is 19.2 Å². The highest BCUT2D eigenvalue weighted by Gasteiger charge is 2.27. The largest absolute Gasteiger partial charge is 0.378 e. The van der Waals surface area contributed by atoms with Crippen molar-refractivity contribution in [3.63, 3.8) is 0 Å². The van der Waals surface area contributed by atoms with E-state index in [1.165, 1.54) is 4.31 Å². The second kappa shape index (κ2) is 10.6. The fourth-order valence-electron chi connectivity index (χ4n) is 3.00. The maximum Gasteiger partial charge on any atom is 0.248 e. The number of hydrogen-bond donors (Lipinski definition) is 2. The molecule has 1 heterocycles. The Morgan fingerprint density at radius 1 is 1.21 bits per heavy atom. The van der Waals surface area contributed by atoms with Gasteiger partial charge in [-0.1, -0.05) is 12.1 Å². The van der Waals surface area contributed by atoms with Crippen LogP contribution in [0.3, 0.4) is 0 Å². The second-order valence-electron chi connectivity index (χ2n) is 7.08. The molecule has 1 aliphatic heterocycles. The van der Waals surface area contributed by atoms with E-state index in [0.29, 0.717) is 44.2 Å². The van der Waals surface area contributed by atoms with Crippen molar-refractivity contribution in [3.05, 3.63) is 35.4 Å². The van der Waals surface area contributed by atoms with E-state index in [9.17, 15) is 13.2 Å². The summed E-state index contributed by atoms with van der Waals surface area (Å²) in [5.41, 5.74) is 6.71. The van der Waals surface area contributed by atoms with Crippen LogP contribution >= 0.6 is 0 Å². The van der Waals surface area contributed by atoms with Gasteiger partial charge in [0.1, 0.15) is 0 Å². The number of nitrogens with two attached hydrogens (primary N) is 1. The predicted molar refractivity (Wildman–Crippen MR) is 113 cm³/mol. The Hall–Kier alpha value is -2.17. The average Bonchev–Trinajstić information content (AvgIpc) is 2.68. The van der Waals surface area contributed by atoms with Gasteiger partial charge in [-0.25, -0.2) is 8.42 Å². The fraction of sp³-hybridized carbons (Fsp3) is 0.579. The van der Waals surface area contributed by atoms with Gasteiger partial charge in [-0.15, -0.1) is 0 Å². The highest BCUT2D eigenvalue weighted by atomic mass is 32.2. The summed E-state index contributed by atoms with van der Waals surface area (Å²) in [5, 5.41) is 3.28. The zero-order valence-electron chi connectivity index (χ0n) is 17.3. The number of carbonyl (C=O) groups excluding carboxylic acids is 1. The van der Waals surface area contributed by atoms with E-state index in [4.69, 9.17) is 10.5 Å². The van der Waals surface area contributed by atoms with E-state index in [2.05, 4.69) is 10.3 Å². The van der Waals surface area contributed by atoms with Gasteiger partial charge in [0, 0.05) is 45.3 Å². The number of guanidine groups is 1. The lowest BCUT2D eigenvalue weighted by Crippen LogP contribution is -2.54. The molecule has 1 aliphatic rings. The van der Waals surface area contributed by atoms with Gasteiger partial charge in [0.15, 0.2) is 5.96 Å². The Labute approximate surface area is 173 Å². The van der Waals surface area contributed by atoms with E-state index in [1.807, 2.05) is 30.9 Å². The summed E-state index contributed by atoms with van der Waals surface area (Å²) in [7, 11) is -1.62. The quantitative estimate of drug-likeness (QED) is 0.455. The first-order valence-corrected chi connectivity index (χ1v) is 11.3. The monoisotopic (exact) mass is 425 g/mol. The first kappa shape index (κ1) is 23.1. The van der Waals surface area contributed by atoms with Crippen LogP contribution in [0.15, 0.2) is 29.3 Å². The normalized spacial score (nSPS) is 16.3. The van der Waals surface area contributed by atoms with Gasteiger partial charge in [-0.3, -0.25) is 9.79 Å². The van der Waals surface area contributed by atoms with Crippen LogP contribution in [0, 0.1) is 0 Å². The van der Waals surface area contributed by atoms with Gasteiger partial charge < -0.3 is 20.7 Å². The third-order valence-corrected chi connectivity index (χ3v) is 6.46. The van der Waals surface area contributed by atoms with Crippen LogP contribution in [-0.2, 0) is 21.3 Å². The summed E-state index contributed by atoms with van der Waals surface area (Å²) in [6, 6.07) is 7.05. The lowest BCUT2D eigenvalue weighted by molar-refractivity contribution is 0.0904. The summed E-state index contributed by atoms with van der Waals surface area (Å²) in [5.74, 6) is 0.257. The second-order valence-corrected chi connectivity index (χ2v) is 9.17. The molecule has 162 valence electrons. The minimum absolute atomic E-state index is 0.000543. The molecular weight excluding hydrogens is 394 g/mol. The molecule has 0 atom stereocenters. The number of primary amides is 1. The van der Waals surface area contributed by atoms with Crippen LogP contribution in [-0.4, -0.2) is 81.2 Å². The number of nitrogens with zero attached hydrogens (tertiary/aromatic N) is 3. The zero-order valence-corrected chi connectivity index (χ0v) is 18.1. The van der Waals surface area contributed by atoms with E-state index in [0.717, 1.165) is 5.56 Å². The molecule has 0 saturated carbocycles. The number of ether oxygens (including phenoxy) is 1. The predicted octanol–water partition coefficient (Wildman–Crippen LogP) is 0.233. The molecule has 1 amide bonds. The first-order chi connectivity index (χ1) is 13.7. The first-order valence-electron chi connectivity index (χ1n) is 9.66. The summed E-state index contributed by atoms with van der Waals surface area (Å²) in [4.78, 5) is 17.5. The Balaban J connectivity index is 1.84. The number of nitrogens with one attached hydrogen (secondary N) is 1. The van der Waals surface area contributed by atoms with Crippen LogP contribution in [0.4, 0.5) is 0 Å². The lowest BCUT2D eigenvalue weighted by Gasteiger charge is -2.35. The number of carbonyl (C=O) groups is 1. The summed E-state index contributed by atoms with van der Waals surface area (Å²) in [6.07, 6.45) is 0.0171. The number of sulfonamides is 1. The molecular formula is C19H31N5O4S. The number of amides is 1. The number of benzene rings is 1. The van der Waals surface area contributed by atoms with E-state index >= 15 is 0 Å². The maximum absolute atomic E-state index is 12.4. The number of hydrogen-bond acceptors (Lipinski definition) is 5. The summed E-state index contributed by atoms with van der Waals surface area (Å²) < 4.78 is 31.8. The van der Waals surface area contributed by atoms with Crippen molar-refractivity contribution in [3.8, 4) is 0 Å². The van der Waals surface area contributed by atoms with Gasteiger partial charge in [0.05, 0.1) is 18.5 Å². The van der Waals surface area contributed by atoms with Crippen molar-refractivity contribution >= 4 is 21.9 Å². The molecule has 2 rings (SSSR count). The molecule has 1 aromatic carbocycles. The number of piperazine rings is 1. The van der Waals surface area contributed by atoms with Gasteiger partial charge in [0.25, 0.3) is 0 Å². The summed E-state index contributed by atoms with van der Waals surface area (Å²) in [6.45, 7) is 6.46. The van der Waals surface area contributed by atoms with Gasteiger partial charge in [0.2, 0.25) is 15.9 Å². The molecule has 1 fully saturated rings. The van der Waals surface area contributed by atoms with Crippen molar-refractivity contribution in [1.29, 1.82) is 0 Å². The molecule has 1 saturated heterocycles. The van der Waals surface area contributed by atoms with Crippen LogP contribution < -0.4 is 11.1 Å².